The zero-order valence-corrected chi connectivity index (χ0v) is 12.5. The second-order valence-electron chi connectivity index (χ2n) is 4.45. The van der Waals surface area contributed by atoms with Crippen LogP contribution in [-0.2, 0) is 23.8 Å². The minimum Gasteiger partial charge on any atom is -0.467 e. The number of hydrogen-bond acceptors (Lipinski definition) is 6. The smallest absolute Gasteiger partial charge is 0.407 e. The van der Waals surface area contributed by atoms with Crippen molar-refractivity contribution in [3.63, 3.8) is 0 Å². The van der Waals surface area contributed by atoms with Crippen LogP contribution in [0.2, 0.25) is 0 Å². The Hall–Kier alpha value is -1.79. The Morgan fingerprint density at radius 1 is 1.10 bits per heavy atom. The number of alkyl carbamates (subject to hydrolysis) is 1. The number of hydrogen-bond donors (Lipinski definition) is 1. The number of esters is 2. The second kappa shape index (κ2) is 9.17. The Labute approximate surface area is 118 Å². The van der Waals surface area contributed by atoms with Gasteiger partial charge >= 0.3 is 18.0 Å². The number of carbonyl (C=O) groups excluding carboxylic acids is 3. The summed E-state index contributed by atoms with van der Waals surface area (Å²) in [4.78, 5) is 34.2. The van der Waals surface area contributed by atoms with Gasteiger partial charge in [-0.3, -0.25) is 4.79 Å². The molecule has 0 aliphatic carbocycles. The van der Waals surface area contributed by atoms with E-state index in [1.165, 1.54) is 14.2 Å². The summed E-state index contributed by atoms with van der Waals surface area (Å²) in [6, 6.07) is 0. The van der Waals surface area contributed by atoms with Crippen LogP contribution >= 0.6 is 0 Å². The van der Waals surface area contributed by atoms with Crippen LogP contribution in [0.25, 0.3) is 0 Å². The highest BCUT2D eigenvalue weighted by molar-refractivity contribution is 5.85. The van der Waals surface area contributed by atoms with E-state index in [-0.39, 0.29) is 12.4 Å². The van der Waals surface area contributed by atoms with Crippen molar-refractivity contribution in [2.75, 3.05) is 20.8 Å². The van der Waals surface area contributed by atoms with Gasteiger partial charge < -0.3 is 19.5 Å². The molecule has 1 N–H and O–H groups in total. The highest BCUT2D eigenvalue weighted by Crippen LogP contribution is 2.17. The maximum atomic E-state index is 11.7. The normalized spacial score (nSPS) is 13.0. The van der Waals surface area contributed by atoms with E-state index in [9.17, 15) is 14.4 Å². The molecule has 0 bridgehead atoms. The molecule has 0 aromatic heterocycles. The van der Waals surface area contributed by atoms with E-state index in [0.717, 1.165) is 0 Å². The first-order valence-corrected chi connectivity index (χ1v) is 6.49. The number of ether oxygens (including phenoxy) is 3. The van der Waals surface area contributed by atoms with E-state index >= 15 is 0 Å². The summed E-state index contributed by atoms with van der Waals surface area (Å²) >= 11 is 0. The second-order valence-corrected chi connectivity index (χ2v) is 4.45. The van der Waals surface area contributed by atoms with Crippen molar-refractivity contribution < 1.29 is 28.6 Å². The van der Waals surface area contributed by atoms with Gasteiger partial charge in [-0.15, -0.1) is 0 Å². The zero-order valence-electron chi connectivity index (χ0n) is 12.5. The van der Waals surface area contributed by atoms with Gasteiger partial charge in [-0.25, -0.2) is 9.59 Å². The van der Waals surface area contributed by atoms with Gasteiger partial charge in [0.15, 0.2) is 0 Å². The van der Waals surface area contributed by atoms with E-state index in [1.54, 1.807) is 13.8 Å². The van der Waals surface area contributed by atoms with Gasteiger partial charge in [0.05, 0.1) is 20.8 Å². The Morgan fingerprint density at radius 2 is 1.75 bits per heavy atom. The van der Waals surface area contributed by atoms with Crippen molar-refractivity contribution in [3.8, 4) is 0 Å². The Bertz CT molecular complexity index is 344. The van der Waals surface area contributed by atoms with Gasteiger partial charge in [-0.05, 0) is 33.1 Å². The molecular weight excluding hydrogens is 266 g/mol. The number of methoxy groups -OCH3 is 2. The summed E-state index contributed by atoms with van der Waals surface area (Å²) in [5.74, 6) is -0.827. The summed E-state index contributed by atoms with van der Waals surface area (Å²) < 4.78 is 14.0. The molecule has 0 unspecified atom stereocenters. The summed E-state index contributed by atoms with van der Waals surface area (Å²) in [5.41, 5.74) is -1.17. The van der Waals surface area contributed by atoms with E-state index in [0.29, 0.717) is 25.9 Å². The van der Waals surface area contributed by atoms with Gasteiger partial charge in [0.25, 0.3) is 0 Å². The first-order chi connectivity index (χ1) is 9.39. The Morgan fingerprint density at radius 3 is 2.25 bits per heavy atom. The highest BCUT2D eigenvalue weighted by Gasteiger charge is 2.35. The van der Waals surface area contributed by atoms with Crippen LogP contribution in [0.3, 0.4) is 0 Å². The quantitative estimate of drug-likeness (QED) is 0.412. The lowest BCUT2D eigenvalue weighted by molar-refractivity contribution is -0.148. The number of rotatable bonds is 8. The molecular formula is C13H23NO6. The average molecular weight is 289 g/mol. The fourth-order valence-corrected chi connectivity index (χ4v) is 1.70. The molecule has 0 aromatic rings. The van der Waals surface area contributed by atoms with Crippen molar-refractivity contribution in [2.24, 2.45) is 0 Å². The number of unbranched alkanes of at least 4 members (excludes halogenated alkanes) is 1. The lowest BCUT2D eigenvalue weighted by atomic mass is 9.94. The van der Waals surface area contributed by atoms with E-state index in [4.69, 9.17) is 4.74 Å². The average Bonchev–Trinajstić information content (AvgIpc) is 2.42. The summed E-state index contributed by atoms with van der Waals surface area (Å²) in [6.45, 7) is 3.65. The zero-order chi connectivity index (χ0) is 15.6. The molecule has 1 atom stereocenters. The summed E-state index contributed by atoms with van der Waals surface area (Å²) in [7, 11) is 2.46. The molecule has 0 heterocycles. The van der Waals surface area contributed by atoms with Gasteiger partial charge in [0.2, 0.25) is 0 Å². The summed E-state index contributed by atoms with van der Waals surface area (Å²) in [5, 5.41) is 2.46. The molecule has 0 aliphatic heterocycles. The molecule has 0 saturated heterocycles. The van der Waals surface area contributed by atoms with Crippen LogP contribution in [0.4, 0.5) is 4.79 Å². The minimum absolute atomic E-state index is 0.270. The minimum atomic E-state index is -1.17. The van der Waals surface area contributed by atoms with Crippen LogP contribution in [0.1, 0.15) is 39.5 Å². The lowest BCUT2D eigenvalue weighted by Crippen LogP contribution is -2.52. The molecule has 7 nitrogen and oxygen atoms in total. The van der Waals surface area contributed by atoms with Gasteiger partial charge in [-0.2, -0.15) is 0 Å². The molecule has 0 fully saturated rings. The maximum absolute atomic E-state index is 11.7. The molecule has 0 radical (unpaired) electrons. The van der Waals surface area contributed by atoms with Crippen molar-refractivity contribution in [1.29, 1.82) is 0 Å². The third-order valence-corrected chi connectivity index (χ3v) is 2.81. The number of nitrogens with one attached hydrogen (secondary N) is 1. The van der Waals surface area contributed by atoms with Gasteiger partial charge in [-0.1, -0.05) is 0 Å². The third-order valence-electron chi connectivity index (χ3n) is 2.81. The Kier molecular flexibility index (Phi) is 8.35. The predicted octanol–water partition coefficient (Wildman–Crippen LogP) is 1.40. The fraction of sp³-hybridized carbons (Fsp3) is 0.769. The van der Waals surface area contributed by atoms with Crippen LogP contribution in [-0.4, -0.2) is 44.4 Å². The molecule has 20 heavy (non-hydrogen) atoms. The maximum Gasteiger partial charge on any atom is 0.407 e. The molecule has 1 amide bonds. The standard InChI is InChI=1S/C13H23NO6/c1-5-20-10(15)8-6-7-9-13(2,11(16)18-3)14-12(17)19-4/h5-9H2,1-4H3,(H,14,17)/t13-/m0/s1. The fourth-order valence-electron chi connectivity index (χ4n) is 1.70. The number of carbonyl (C=O) groups is 3. The van der Waals surface area contributed by atoms with Gasteiger partial charge in [0.1, 0.15) is 5.54 Å². The molecule has 7 heteroatoms. The molecule has 116 valence electrons. The van der Waals surface area contributed by atoms with E-state index in [2.05, 4.69) is 14.8 Å². The monoisotopic (exact) mass is 289 g/mol. The van der Waals surface area contributed by atoms with Crippen LogP contribution in [0.15, 0.2) is 0 Å². The highest BCUT2D eigenvalue weighted by atomic mass is 16.5. The molecule has 0 spiro atoms. The molecule has 0 rings (SSSR count). The van der Waals surface area contributed by atoms with Crippen molar-refractivity contribution >= 4 is 18.0 Å². The van der Waals surface area contributed by atoms with E-state index < -0.39 is 17.6 Å². The topological polar surface area (TPSA) is 90.9 Å². The molecule has 0 aliphatic rings. The summed E-state index contributed by atoms with van der Waals surface area (Å²) in [6.07, 6.45) is 1.04. The van der Waals surface area contributed by atoms with Crippen molar-refractivity contribution in [3.05, 3.63) is 0 Å². The first kappa shape index (κ1) is 18.2. The SMILES string of the molecule is CCOC(=O)CCCC[C@](C)(NC(=O)OC)C(=O)OC. The van der Waals surface area contributed by atoms with Crippen molar-refractivity contribution in [2.45, 2.75) is 45.1 Å². The molecule has 0 saturated carbocycles. The molecule has 0 aromatic carbocycles. The van der Waals surface area contributed by atoms with E-state index in [1.807, 2.05) is 0 Å². The first-order valence-electron chi connectivity index (χ1n) is 6.49. The van der Waals surface area contributed by atoms with Crippen LogP contribution in [0, 0.1) is 0 Å². The number of amides is 1. The largest absolute Gasteiger partial charge is 0.467 e. The van der Waals surface area contributed by atoms with Crippen LogP contribution < -0.4 is 5.32 Å². The third kappa shape index (κ3) is 6.40. The predicted molar refractivity (Wildman–Crippen MR) is 71.1 cm³/mol. The Balaban J connectivity index is 4.34. The lowest BCUT2D eigenvalue weighted by Gasteiger charge is -2.27. The van der Waals surface area contributed by atoms with Crippen LogP contribution in [0.5, 0.6) is 0 Å². The van der Waals surface area contributed by atoms with Crippen molar-refractivity contribution in [1.82, 2.24) is 5.32 Å². The van der Waals surface area contributed by atoms with Gasteiger partial charge in [0, 0.05) is 6.42 Å².